The molecule has 3 aromatic rings. The molecule has 11 nitrogen and oxygen atoms in total. The van der Waals surface area contributed by atoms with Crippen molar-refractivity contribution >= 4 is 28.5 Å². The van der Waals surface area contributed by atoms with E-state index in [9.17, 15) is 24.5 Å². The molecule has 1 atom stereocenters. The van der Waals surface area contributed by atoms with E-state index in [1.807, 2.05) is 0 Å². The molecule has 5 rings (SSSR count). The van der Waals surface area contributed by atoms with Crippen LogP contribution in [0.25, 0.3) is 22.3 Å². The molecule has 0 radical (unpaired) electrons. The fourth-order valence-corrected chi connectivity index (χ4v) is 4.10. The highest BCUT2D eigenvalue weighted by molar-refractivity contribution is 5.91. The average Bonchev–Trinajstić information content (AvgIpc) is 3.12. The van der Waals surface area contributed by atoms with Gasteiger partial charge < -0.3 is 19.8 Å². The van der Waals surface area contributed by atoms with Crippen LogP contribution in [0.1, 0.15) is 29.2 Å². The fourth-order valence-electron chi connectivity index (χ4n) is 4.10. The van der Waals surface area contributed by atoms with Gasteiger partial charge in [-0.05, 0) is 18.2 Å². The molecule has 162 valence electrons. The van der Waals surface area contributed by atoms with Crippen molar-refractivity contribution in [1.82, 2.24) is 9.55 Å². The van der Waals surface area contributed by atoms with Crippen molar-refractivity contribution in [3.05, 3.63) is 67.5 Å². The van der Waals surface area contributed by atoms with Gasteiger partial charge in [-0.2, -0.15) is 0 Å². The Labute approximate surface area is 179 Å². The molecule has 2 aromatic heterocycles. The van der Waals surface area contributed by atoms with Crippen LogP contribution in [0.4, 0.5) is 5.69 Å². The molecular weight excluding hydrogens is 420 g/mol. The summed E-state index contributed by atoms with van der Waals surface area (Å²) in [5.41, 5.74) is 7.30. The van der Waals surface area contributed by atoms with E-state index in [-0.39, 0.29) is 42.9 Å². The number of pyridine rings is 2. The second-order valence-electron chi connectivity index (χ2n) is 7.47. The summed E-state index contributed by atoms with van der Waals surface area (Å²) in [6.45, 7) is -0.0242. The molecule has 32 heavy (non-hydrogen) atoms. The number of aromatic nitrogens is 2. The lowest BCUT2D eigenvalue weighted by Gasteiger charge is -2.25. The lowest BCUT2D eigenvalue weighted by atomic mass is 10.00. The first-order valence-electron chi connectivity index (χ1n) is 9.79. The molecule has 0 spiro atoms. The van der Waals surface area contributed by atoms with Crippen LogP contribution in [0.5, 0.6) is 0 Å². The summed E-state index contributed by atoms with van der Waals surface area (Å²) in [7, 11) is 0. The van der Waals surface area contributed by atoms with Gasteiger partial charge in [0.25, 0.3) is 11.2 Å². The largest absolute Gasteiger partial charge is 0.458 e. The minimum atomic E-state index is -1.37. The number of hydrogen-bond donors (Lipinski definition) is 1. The molecule has 1 aromatic carbocycles. The second-order valence-corrected chi connectivity index (χ2v) is 7.47. The van der Waals surface area contributed by atoms with Crippen LogP contribution in [0.15, 0.2) is 35.1 Å². The van der Waals surface area contributed by atoms with Crippen molar-refractivity contribution in [3.8, 4) is 11.4 Å². The standard InChI is InChI=1S/C21H16N4O7/c22-5-4-17(26)32-19-11-7-16-18-10(8-24(16)20(27)13(11)9-31-21(19)28)6-12-14(23-18)2-1-3-15(12)25(29)30/h1-3,6-7,19H,4-5,8-9,22H2/t19-/m1/s1. The third-order valence-electron chi connectivity index (χ3n) is 5.57. The summed E-state index contributed by atoms with van der Waals surface area (Å²) in [6.07, 6.45) is -1.46. The number of ether oxygens (including phenoxy) is 2. The summed E-state index contributed by atoms with van der Waals surface area (Å²) >= 11 is 0. The molecule has 11 heteroatoms. The zero-order valence-corrected chi connectivity index (χ0v) is 16.6. The molecule has 2 N–H and O–H groups in total. The van der Waals surface area contributed by atoms with Crippen LogP contribution < -0.4 is 11.3 Å². The third-order valence-corrected chi connectivity index (χ3v) is 5.57. The number of nitro groups is 1. The Hall–Kier alpha value is -4.12. The highest BCUT2D eigenvalue weighted by Crippen LogP contribution is 2.37. The van der Waals surface area contributed by atoms with Crippen LogP contribution in [0.2, 0.25) is 0 Å². The zero-order chi connectivity index (χ0) is 22.6. The lowest BCUT2D eigenvalue weighted by Crippen LogP contribution is -2.34. The zero-order valence-electron chi connectivity index (χ0n) is 16.6. The lowest BCUT2D eigenvalue weighted by molar-refractivity contribution is -0.383. The van der Waals surface area contributed by atoms with Crippen LogP contribution in [0, 0.1) is 10.1 Å². The first kappa shape index (κ1) is 19.8. The van der Waals surface area contributed by atoms with Crippen LogP contribution in [-0.2, 0) is 32.2 Å². The number of fused-ring (bicyclic) bond motifs is 5. The Balaban J connectivity index is 1.67. The highest BCUT2D eigenvalue weighted by atomic mass is 16.6. The topological polar surface area (TPSA) is 157 Å². The smallest absolute Gasteiger partial charge is 0.352 e. The first-order chi connectivity index (χ1) is 15.4. The fraction of sp³-hybridized carbons (Fsp3) is 0.238. The van der Waals surface area contributed by atoms with E-state index in [1.165, 1.54) is 16.7 Å². The summed E-state index contributed by atoms with van der Waals surface area (Å²) in [6, 6.07) is 7.84. The van der Waals surface area contributed by atoms with E-state index in [4.69, 9.17) is 15.2 Å². The summed E-state index contributed by atoms with van der Waals surface area (Å²) in [5.74, 6) is -1.45. The third kappa shape index (κ3) is 2.94. The van der Waals surface area contributed by atoms with Gasteiger partial charge in [-0.3, -0.25) is 19.7 Å². The molecular formula is C21H16N4O7. The van der Waals surface area contributed by atoms with Crippen LogP contribution >= 0.6 is 0 Å². The maximum atomic E-state index is 13.2. The monoisotopic (exact) mass is 436 g/mol. The van der Waals surface area contributed by atoms with E-state index in [2.05, 4.69) is 4.98 Å². The number of hydrogen-bond acceptors (Lipinski definition) is 9. The van der Waals surface area contributed by atoms with Gasteiger partial charge in [0.15, 0.2) is 0 Å². The van der Waals surface area contributed by atoms with E-state index >= 15 is 0 Å². The summed E-state index contributed by atoms with van der Waals surface area (Å²) in [5, 5.41) is 11.8. The van der Waals surface area contributed by atoms with E-state index < -0.39 is 28.5 Å². The average molecular weight is 436 g/mol. The number of carbonyl (C=O) groups is 2. The minimum absolute atomic E-state index is 0.0524. The number of carbonyl (C=O) groups excluding carboxylic acids is 2. The van der Waals surface area contributed by atoms with Gasteiger partial charge in [-0.1, -0.05) is 6.07 Å². The Bertz CT molecular complexity index is 1400. The van der Waals surface area contributed by atoms with Gasteiger partial charge in [0, 0.05) is 23.7 Å². The first-order valence-corrected chi connectivity index (χ1v) is 9.79. The molecule has 4 heterocycles. The molecule has 2 aliphatic rings. The van der Waals surface area contributed by atoms with Gasteiger partial charge in [-0.15, -0.1) is 0 Å². The van der Waals surface area contributed by atoms with E-state index in [0.717, 1.165) is 0 Å². The number of rotatable bonds is 4. The van der Waals surface area contributed by atoms with Crippen molar-refractivity contribution in [1.29, 1.82) is 0 Å². The van der Waals surface area contributed by atoms with Crippen molar-refractivity contribution < 1.29 is 24.0 Å². The van der Waals surface area contributed by atoms with Gasteiger partial charge in [-0.25, -0.2) is 9.78 Å². The van der Waals surface area contributed by atoms with Gasteiger partial charge >= 0.3 is 11.9 Å². The summed E-state index contributed by atoms with van der Waals surface area (Å²) < 4.78 is 11.8. The predicted molar refractivity (Wildman–Crippen MR) is 109 cm³/mol. The van der Waals surface area contributed by atoms with Crippen LogP contribution in [-0.4, -0.2) is 33.0 Å². The normalized spacial score (nSPS) is 16.2. The Morgan fingerprint density at radius 1 is 1.34 bits per heavy atom. The predicted octanol–water partition coefficient (Wildman–Crippen LogP) is 1.32. The number of benzene rings is 1. The summed E-state index contributed by atoms with van der Waals surface area (Å²) in [4.78, 5) is 52.9. The second kappa shape index (κ2) is 7.24. The quantitative estimate of drug-likeness (QED) is 0.283. The highest BCUT2D eigenvalue weighted by Gasteiger charge is 2.37. The maximum Gasteiger partial charge on any atom is 0.352 e. The number of nitro benzene ring substituents is 1. The van der Waals surface area contributed by atoms with Crippen molar-refractivity contribution in [2.45, 2.75) is 25.7 Å². The number of esters is 2. The van der Waals surface area contributed by atoms with Gasteiger partial charge in [0.05, 0.1) is 45.7 Å². The van der Waals surface area contributed by atoms with Gasteiger partial charge in [0.2, 0.25) is 6.10 Å². The molecule has 0 saturated carbocycles. The maximum absolute atomic E-state index is 13.2. The number of non-ortho nitro benzene ring substituents is 1. The van der Waals surface area contributed by atoms with E-state index in [1.54, 1.807) is 18.2 Å². The number of nitrogens with two attached hydrogens (primary N) is 1. The van der Waals surface area contributed by atoms with E-state index in [0.29, 0.717) is 27.9 Å². The Kier molecular flexibility index (Phi) is 4.48. The molecule has 0 aliphatic carbocycles. The molecule has 0 unspecified atom stereocenters. The molecule has 0 fully saturated rings. The molecule has 0 saturated heterocycles. The molecule has 0 amide bonds. The number of cyclic esters (lactones) is 1. The molecule has 0 bridgehead atoms. The Morgan fingerprint density at radius 3 is 2.91 bits per heavy atom. The van der Waals surface area contributed by atoms with Gasteiger partial charge in [0.1, 0.15) is 6.61 Å². The molecule has 2 aliphatic heterocycles. The van der Waals surface area contributed by atoms with Crippen molar-refractivity contribution in [3.63, 3.8) is 0 Å². The number of nitrogens with zero attached hydrogens (tertiary/aromatic N) is 3. The minimum Gasteiger partial charge on any atom is -0.458 e. The SMILES string of the molecule is NCCC(=O)O[C@H]1C(=O)OCc2c1cc1n(c2=O)Cc2cc3c([N+](=O)[O-])cccc3nc2-1. The Morgan fingerprint density at radius 2 is 2.16 bits per heavy atom. The van der Waals surface area contributed by atoms with Crippen molar-refractivity contribution in [2.24, 2.45) is 5.73 Å². The van der Waals surface area contributed by atoms with Crippen LogP contribution in [0.3, 0.4) is 0 Å². The van der Waals surface area contributed by atoms with Crippen molar-refractivity contribution in [2.75, 3.05) is 6.54 Å².